The van der Waals surface area contributed by atoms with E-state index < -0.39 is 23.5 Å². The SMILES string of the molecule is CCCCN1C(=O)C(=O)/C(=C(\O)c2ccc(F)cc2)C1c1ccc(C)o1. The molecule has 1 atom stereocenters. The number of furan rings is 1. The van der Waals surface area contributed by atoms with E-state index in [-0.39, 0.29) is 16.9 Å². The minimum atomic E-state index is -0.791. The molecule has 2 heterocycles. The highest BCUT2D eigenvalue weighted by molar-refractivity contribution is 6.46. The summed E-state index contributed by atoms with van der Waals surface area (Å²) in [6.07, 6.45) is 1.57. The smallest absolute Gasteiger partial charge is 0.295 e. The number of carbonyl (C=O) groups is 2. The van der Waals surface area contributed by atoms with Gasteiger partial charge in [0, 0.05) is 12.1 Å². The maximum Gasteiger partial charge on any atom is 0.295 e. The Kier molecular flexibility index (Phi) is 4.93. The van der Waals surface area contributed by atoms with Crippen LogP contribution in [-0.2, 0) is 9.59 Å². The van der Waals surface area contributed by atoms with Crippen LogP contribution in [0.5, 0.6) is 0 Å². The first kappa shape index (κ1) is 17.9. The third-order valence-corrected chi connectivity index (χ3v) is 4.44. The molecule has 0 aliphatic carbocycles. The summed E-state index contributed by atoms with van der Waals surface area (Å²) in [5, 5.41) is 10.7. The molecule has 1 aliphatic rings. The summed E-state index contributed by atoms with van der Waals surface area (Å²) < 4.78 is 18.8. The van der Waals surface area contributed by atoms with Crippen molar-refractivity contribution in [3.8, 4) is 0 Å². The number of benzene rings is 1. The predicted octanol–water partition coefficient (Wildman–Crippen LogP) is 3.95. The van der Waals surface area contributed by atoms with Crippen molar-refractivity contribution < 1.29 is 23.5 Å². The number of aliphatic hydroxyl groups excluding tert-OH is 1. The summed E-state index contributed by atoms with van der Waals surface area (Å²) in [4.78, 5) is 26.6. The van der Waals surface area contributed by atoms with E-state index in [1.54, 1.807) is 19.1 Å². The Balaban J connectivity index is 2.13. The average molecular weight is 357 g/mol. The van der Waals surface area contributed by atoms with Crippen LogP contribution in [0.4, 0.5) is 4.39 Å². The molecule has 1 amide bonds. The largest absolute Gasteiger partial charge is 0.507 e. The fourth-order valence-electron chi connectivity index (χ4n) is 3.10. The number of amides is 1. The van der Waals surface area contributed by atoms with Gasteiger partial charge in [0.15, 0.2) is 0 Å². The Morgan fingerprint density at radius 2 is 1.88 bits per heavy atom. The quantitative estimate of drug-likeness (QED) is 0.500. The van der Waals surface area contributed by atoms with Crippen molar-refractivity contribution in [1.29, 1.82) is 0 Å². The summed E-state index contributed by atoms with van der Waals surface area (Å²) in [6, 6.07) is 7.77. The van der Waals surface area contributed by atoms with Crippen molar-refractivity contribution in [1.82, 2.24) is 4.90 Å². The van der Waals surface area contributed by atoms with Gasteiger partial charge in [0.25, 0.3) is 11.7 Å². The molecule has 0 radical (unpaired) electrons. The summed E-state index contributed by atoms with van der Waals surface area (Å²) in [5.74, 6) is -1.16. The zero-order valence-corrected chi connectivity index (χ0v) is 14.7. The molecule has 1 fully saturated rings. The maximum atomic E-state index is 13.2. The second-order valence-corrected chi connectivity index (χ2v) is 6.30. The van der Waals surface area contributed by atoms with Crippen LogP contribution in [0.15, 0.2) is 46.4 Å². The molecule has 0 bridgehead atoms. The summed E-state index contributed by atoms with van der Waals surface area (Å²) >= 11 is 0. The highest BCUT2D eigenvalue weighted by atomic mass is 19.1. The lowest BCUT2D eigenvalue weighted by atomic mass is 9.99. The van der Waals surface area contributed by atoms with Crippen LogP contribution in [0.1, 0.15) is 42.9 Å². The highest BCUT2D eigenvalue weighted by Crippen LogP contribution is 2.40. The van der Waals surface area contributed by atoms with Gasteiger partial charge in [0.05, 0.1) is 5.57 Å². The van der Waals surface area contributed by atoms with Gasteiger partial charge >= 0.3 is 0 Å². The Morgan fingerprint density at radius 1 is 1.19 bits per heavy atom. The molecular formula is C20H20FNO4. The van der Waals surface area contributed by atoms with E-state index in [1.165, 1.54) is 29.2 Å². The zero-order valence-electron chi connectivity index (χ0n) is 14.7. The topological polar surface area (TPSA) is 70.8 Å². The molecule has 0 spiro atoms. The van der Waals surface area contributed by atoms with Crippen molar-refractivity contribution in [2.24, 2.45) is 0 Å². The molecule has 0 saturated carbocycles. The first-order valence-electron chi connectivity index (χ1n) is 8.54. The van der Waals surface area contributed by atoms with Crippen molar-refractivity contribution in [2.75, 3.05) is 6.54 Å². The predicted molar refractivity (Wildman–Crippen MR) is 93.8 cm³/mol. The number of Topliss-reactive ketones (excluding diaryl/α,β-unsaturated/α-hetero) is 1. The second kappa shape index (κ2) is 7.15. The first-order chi connectivity index (χ1) is 12.4. The Labute approximate surface area is 150 Å². The van der Waals surface area contributed by atoms with Gasteiger partial charge in [-0.3, -0.25) is 9.59 Å². The number of carbonyl (C=O) groups excluding carboxylic acids is 2. The standard InChI is InChI=1S/C20H20FNO4/c1-3-4-11-22-17(15-10-5-12(2)26-15)16(19(24)20(22)25)18(23)13-6-8-14(21)9-7-13/h5-10,17,23H,3-4,11H2,1-2H3/b18-16-. The molecule has 6 heteroatoms. The fraction of sp³-hybridized carbons (Fsp3) is 0.300. The molecule has 1 aliphatic heterocycles. The van der Waals surface area contributed by atoms with Gasteiger partial charge in [-0.2, -0.15) is 0 Å². The van der Waals surface area contributed by atoms with Crippen molar-refractivity contribution in [3.63, 3.8) is 0 Å². The van der Waals surface area contributed by atoms with Crippen molar-refractivity contribution in [2.45, 2.75) is 32.7 Å². The number of rotatable bonds is 5. The van der Waals surface area contributed by atoms with E-state index in [9.17, 15) is 19.1 Å². The van der Waals surface area contributed by atoms with Gasteiger partial charge in [0.2, 0.25) is 0 Å². The van der Waals surface area contributed by atoms with Crippen LogP contribution in [-0.4, -0.2) is 28.2 Å². The monoisotopic (exact) mass is 357 g/mol. The summed E-state index contributed by atoms with van der Waals surface area (Å²) in [6.45, 7) is 4.13. The summed E-state index contributed by atoms with van der Waals surface area (Å²) in [5.41, 5.74) is 0.236. The van der Waals surface area contributed by atoms with Crippen molar-refractivity contribution in [3.05, 3.63) is 64.9 Å². The minimum absolute atomic E-state index is 0.0351. The molecule has 1 aromatic heterocycles. The second-order valence-electron chi connectivity index (χ2n) is 6.30. The third kappa shape index (κ3) is 3.14. The molecule has 3 rings (SSSR count). The van der Waals surface area contributed by atoms with E-state index in [1.807, 2.05) is 6.92 Å². The number of ketones is 1. The lowest BCUT2D eigenvalue weighted by Gasteiger charge is -2.23. The van der Waals surface area contributed by atoms with Crippen LogP contribution in [0.25, 0.3) is 5.76 Å². The third-order valence-electron chi connectivity index (χ3n) is 4.44. The molecule has 1 unspecified atom stereocenters. The number of hydrogen-bond acceptors (Lipinski definition) is 4. The first-order valence-corrected chi connectivity index (χ1v) is 8.54. The van der Waals surface area contributed by atoms with Gasteiger partial charge in [-0.15, -0.1) is 0 Å². The van der Waals surface area contributed by atoms with E-state index in [2.05, 4.69) is 0 Å². The lowest BCUT2D eigenvalue weighted by molar-refractivity contribution is -0.140. The van der Waals surface area contributed by atoms with Crippen LogP contribution in [0, 0.1) is 12.7 Å². The van der Waals surface area contributed by atoms with E-state index in [0.717, 1.165) is 12.8 Å². The zero-order chi connectivity index (χ0) is 18.8. The average Bonchev–Trinajstić information content (AvgIpc) is 3.15. The number of hydrogen-bond donors (Lipinski definition) is 1. The lowest BCUT2D eigenvalue weighted by Crippen LogP contribution is -2.30. The van der Waals surface area contributed by atoms with E-state index in [0.29, 0.717) is 18.1 Å². The van der Waals surface area contributed by atoms with Gasteiger partial charge < -0.3 is 14.4 Å². The normalized spacial score (nSPS) is 19.3. The van der Waals surface area contributed by atoms with Crippen LogP contribution >= 0.6 is 0 Å². The number of aryl methyl sites for hydroxylation is 1. The van der Waals surface area contributed by atoms with E-state index in [4.69, 9.17) is 4.42 Å². The highest BCUT2D eigenvalue weighted by Gasteiger charge is 2.47. The number of nitrogens with zero attached hydrogens (tertiary/aromatic N) is 1. The van der Waals surface area contributed by atoms with E-state index >= 15 is 0 Å². The molecular weight excluding hydrogens is 337 g/mol. The maximum absolute atomic E-state index is 13.2. The summed E-state index contributed by atoms with van der Waals surface area (Å²) in [7, 11) is 0. The Bertz CT molecular complexity index is 866. The molecule has 1 aromatic carbocycles. The molecule has 26 heavy (non-hydrogen) atoms. The minimum Gasteiger partial charge on any atom is -0.507 e. The molecule has 136 valence electrons. The molecule has 2 aromatic rings. The van der Waals surface area contributed by atoms with Gasteiger partial charge in [-0.1, -0.05) is 13.3 Å². The number of likely N-dealkylation sites (tertiary alicyclic amines) is 1. The number of aliphatic hydroxyl groups is 1. The van der Waals surface area contributed by atoms with Gasteiger partial charge in [-0.05, 0) is 49.7 Å². The van der Waals surface area contributed by atoms with Gasteiger partial charge in [-0.25, -0.2) is 4.39 Å². The Hall–Kier alpha value is -2.89. The van der Waals surface area contributed by atoms with Crippen LogP contribution in [0.2, 0.25) is 0 Å². The van der Waals surface area contributed by atoms with Crippen LogP contribution < -0.4 is 0 Å². The number of halogens is 1. The number of unbranched alkanes of at least 4 members (excludes halogenated alkanes) is 1. The molecule has 1 N–H and O–H groups in total. The Morgan fingerprint density at radius 3 is 2.46 bits per heavy atom. The molecule has 5 nitrogen and oxygen atoms in total. The fourth-order valence-corrected chi connectivity index (χ4v) is 3.10. The van der Waals surface area contributed by atoms with Gasteiger partial charge in [0.1, 0.15) is 29.1 Å². The van der Waals surface area contributed by atoms with Crippen LogP contribution in [0.3, 0.4) is 0 Å². The molecule has 1 saturated heterocycles. The van der Waals surface area contributed by atoms with Crippen molar-refractivity contribution >= 4 is 17.4 Å².